The first kappa shape index (κ1) is 13.0. The van der Waals surface area contributed by atoms with Gasteiger partial charge >= 0.3 is 6.18 Å². The van der Waals surface area contributed by atoms with Crippen LogP contribution in [0.4, 0.5) is 13.2 Å². The molecule has 2 aliphatic heterocycles. The van der Waals surface area contributed by atoms with Crippen LogP contribution in [-0.4, -0.2) is 24.1 Å². The van der Waals surface area contributed by atoms with Gasteiger partial charge in [0.2, 0.25) is 0 Å². The van der Waals surface area contributed by atoms with Crippen molar-refractivity contribution in [2.24, 2.45) is 0 Å². The minimum absolute atomic E-state index is 0.0177. The summed E-state index contributed by atoms with van der Waals surface area (Å²) in [5, 5.41) is 0. The number of benzene rings is 1. The lowest BCUT2D eigenvalue weighted by molar-refractivity contribution is -0.139. The molecule has 110 valence electrons. The van der Waals surface area contributed by atoms with Crippen molar-refractivity contribution in [3.05, 3.63) is 58.8 Å². The minimum Gasteiger partial charge on any atom is -0.371 e. The van der Waals surface area contributed by atoms with E-state index in [-0.39, 0.29) is 18.6 Å². The smallest absolute Gasteiger partial charge is 0.371 e. The summed E-state index contributed by atoms with van der Waals surface area (Å²) in [7, 11) is 0. The Hall–Kier alpha value is -1.75. The van der Waals surface area contributed by atoms with E-state index in [1.165, 1.54) is 6.07 Å². The SMILES string of the molecule is FC(F)(F)c1cccc2c1COC1CN(C3=CC=C3)CC21. The molecule has 0 saturated carbocycles. The summed E-state index contributed by atoms with van der Waals surface area (Å²) in [6, 6.07) is 4.47. The molecular weight excluding hydrogens is 279 g/mol. The molecule has 3 aliphatic rings. The summed E-state index contributed by atoms with van der Waals surface area (Å²) in [6.45, 7) is 1.51. The Labute approximate surface area is 120 Å². The summed E-state index contributed by atoms with van der Waals surface area (Å²) in [6.07, 6.45) is 1.66. The molecule has 1 aliphatic carbocycles. The maximum Gasteiger partial charge on any atom is 0.416 e. The number of ether oxygens (including phenoxy) is 1. The number of nitrogens with zero attached hydrogens (tertiary/aromatic N) is 1. The van der Waals surface area contributed by atoms with Crippen LogP contribution in [0.2, 0.25) is 0 Å². The fourth-order valence-electron chi connectivity index (χ4n) is 3.41. The third-order valence-electron chi connectivity index (χ3n) is 4.52. The molecule has 0 bridgehead atoms. The van der Waals surface area contributed by atoms with E-state index >= 15 is 0 Å². The molecular formula is C16H14F3NO. The van der Waals surface area contributed by atoms with E-state index in [9.17, 15) is 13.2 Å². The van der Waals surface area contributed by atoms with Crippen LogP contribution in [0, 0.1) is 0 Å². The first-order chi connectivity index (χ1) is 10.0. The first-order valence-corrected chi connectivity index (χ1v) is 6.98. The van der Waals surface area contributed by atoms with Crippen molar-refractivity contribution in [2.45, 2.75) is 24.8 Å². The largest absolute Gasteiger partial charge is 0.416 e. The van der Waals surface area contributed by atoms with E-state index in [2.05, 4.69) is 4.90 Å². The van der Waals surface area contributed by atoms with Gasteiger partial charge in [0, 0.05) is 24.7 Å². The highest BCUT2D eigenvalue weighted by atomic mass is 19.4. The normalized spacial score (nSPS) is 27.0. The molecule has 1 fully saturated rings. The fraction of sp³-hybridized carbons (Fsp3) is 0.375. The Morgan fingerprint density at radius 2 is 2.00 bits per heavy atom. The van der Waals surface area contributed by atoms with Gasteiger partial charge in [-0.1, -0.05) is 18.2 Å². The van der Waals surface area contributed by atoms with Crippen LogP contribution in [-0.2, 0) is 17.5 Å². The van der Waals surface area contributed by atoms with E-state index in [0.29, 0.717) is 5.56 Å². The zero-order valence-electron chi connectivity index (χ0n) is 11.2. The van der Waals surface area contributed by atoms with Gasteiger partial charge in [0.15, 0.2) is 0 Å². The molecule has 21 heavy (non-hydrogen) atoms. The third kappa shape index (κ3) is 1.99. The Morgan fingerprint density at radius 1 is 1.19 bits per heavy atom. The van der Waals surface area contributed by atoms with E-state index < -0.39 is 11.7 Å². The van der Waals surface area contributed by atoms with Crippen LogP contribution in [0.25, 0.3) is 0 Å². The predicted octanol–water partition coefficient (Wildman–Crippen LogP) is 3.46. The van der Waals surface area contributed by atoms with Gasteiger partial charge in [-0.3, -0.25) is 0 Å². The van der Waals surface area contributed by atoms with Gasteiger partial charge in [-0.15, -0.1) is 0 Å². The molecule has 0 radical (unpaired) electrons. The monoisotopic (exact) mass is 293 g/mol. The fourth-order valence-corrected chi connectivity index (χ4v) is 3.41. The maximum absolute atomic E-state index is 13.1. The molecule has 1 saturated heterocycles. The van der Waals surface area contributed by atoms with Crippen molar-refractivity contribution < 1.29 is 17.9 Å². The highest BCUT2D eigenvalue weighted by Gasteiger charge is 2.43. The van der Waals surface area contributed by atoms with E-state index in [1.54, 1.807) is 0 Å². The molecule has 2 atom stereocenters. The van der Waals surface area contributed by atoms with Crippen LogP contribution >= 0.6 is 0 Å². The number of allylic oxidation sites excluding steroid dienone is 3. The molecule has 0 amide bonds. The number of rotatable bonds is 1. The minimum atomic E-state index is -4.32. The van der Waals surface area contributed by atoms with Gasteiger partial charge in [-0.05, 0) is 29.3 Å². The van der Waals surface area contributed by atoms with Crippen LogP contribution in [0.5, 0.6) is 0 Å². The van der Waals surface area contributed by atoms with Gasteiger partial charge in [0.25, 0.3) is 0 Å². The molecule has 0 spiro atoms. The van der Waals surface area contributed by atoms with Crippen molar-refractivity contribution in [3.8, 4) is 0 Å². The third-order valence-corrected chi connectivity index (χ3v) is 4.52. The highest BCUT2D eigenvalue weighted by Crippen LogP contribution is 2.43. The summed E-state index contributed by atoms with van der Waals surface area (Å²) in [4.78, 5) is 2.19. The summed E-state index contributed by atoms with van der Waals surface area (Å²) >= 11 is 0. The Balaban J connectivity index is 1.70. The second-order valence-corrected chi connectivity index (χ2v) is 5.68. The second-order valence-electron chi connectivity index (χ2n) is 5.68. The lowest BCUT2D eigenvalue weighted by atomic mass is 9.87. The lowest BCUT2D eigenvalue weighted by Crippen LogP contribution is -2.29. The van der Waals surface area contributed by atoms with Crippen LogP contribution in [0.1, 0.15) is 22.6 Å². The molecule has 1 aromatic carbocycles. The summed E-state index contributed by atoms with van der Waals surface area (Å²) in [5.41, 5.74) is 1.69. The van der Waals surface area contributed by atoms with Gasteiger partial charge in [0.05, 0.1) is 18.3 Å². The van der Waals surface area contributed by atoms with Crippen molar-refractivity contribution in [3.63, 3.8) is 0 Å². The van der Waals surface area contributed by atoms with Gasteiger partial charge < -0.3 is 9.64 Å². The van der Waals surface area contributed by atoms with Crippen LogP contribution in [0.15, 0.2) is 42.1 Å². The van der Waals surface area contributed by atoms with Crippen molar-refractivity contribution >= 4 is 0 Å². The van der Waals surface area contributed by atoms with E-state index in [4.69, 9.17) is 4.74 Å². The molecule has 2 unspecified atom stereocenters. The molecule has 4 rings (SSSR count). The number of likely N-dealkylation sites (tertiary alicyclic amines) is 1. The first-order valence-electron chi connectivity index (χ1n) is 6.98. The van der Waals surface area contributed by atoms with E-state index in [0.717, 1.165) is 30.4 Å². The average Bonchev–Trinajstić information content (AvgIpc) is 2.78. The maximum atomic E-state index is 13.1. The van der Waals surface area contributed by atoms with Crippen LogP contribution in [0.3, 0.4) is 0 Å². The summed E-state index contributed by atoms with van der Waals surface area (Å²) < 4.78 is 45.0. The van der Waals surface area contributed by atoms with Crippen molar-refractivity contribution in [1.29, 1.82) is 0 Å². The quantitative estimate of drug-likeness (QED) is 0.786. The Morgan fingerprint density at radius 3 is 2.67 bits per heavy atom. The number of halogens is 3. The van der Waals surface area contributed by atoms with Crippen LogP contribution < -0.4 is 0 Å². The van der Waals surface area contributed by atoms with E-state index in [1.807, 2.05) is 24.3 Å². The number of alkyl halides is 3. The number of fused-ring (bicyclic) bond motifs is 3. The van der Waals surface area contributed by atoms with Gasteiger partial charge in [-0.2, -0.15) is 13.2 Å². The predicted molar refractivity (Wildman–Crippen MR) is 71.6 cm³/mol. The van der Waals surface area contributed by atoms with Crippen molar-refractivity contribution in [2.75, 3.05) is 13.1 Å². The van der Waals surface area contributed by atoms with Gasteiger partial charge in [-0.25, -0.2) is 0 Å². The molecule has 0 N–H and O–H groups in total. The molecule has 0 aromatic heterocycles. The Bertz CT molecular complexity index is 647. The zero-order valence-corrected chi connectivity index (χ0v) is 11.2. The second kappa shape index (κ2) is 4.37. The molecule has 1 aromatic rings. The Kier molecular flexibility index (Phi) is 2.70. The zero-order chi connectivity index (χ0) is 14.6. The molecule has 5 heteroatoms. The molecule has 2 nitrogen and oxygen atoms in total. The number of hydrogen-bond donors (Lipinski definition) is 0. The number of hydrogen-bond acceptors (Lipinski definition) is 2. The summed E-state index contributed by atoms with van der Waals surface area (Å²) in [5.74, 6) is 0.0194. The lowest BCUT2D eigenvalue weighted by Gasteiger charge is -2.29. The molecule has 2 heterocycles. The van der Waals surface area contributed by atoms with Crippen molar-refractivity contribution in [1.82, 2.24) is 4.90 Å². The topological polar surface area (TPSA) is 12.5 Å². The highest BCUT2D eigenvalue weighted by molar-refractivity contribution is 5.43. The average molecular weight is 293 g/mol. The standard InChI is InChI=1S/C16H14F3NO/c17-16(18,19)14-6-2-5-11-12-7-20(10-3-1-4-10)8-15(12)21-9-13(11)14/h1-6,12,15H,7-9H2. The van der Waals surface area contributed by atoms with Gasteiger partial charge in [0.1, 0.15) is 0 Å².